The molecule has 1 saturated heterocycles. The Morgan fingerprint density at radius 3 is 2.61 bits per heavy atom. The smallest absolute Gasteiger partial charge is 0.321 e. The molecule has 0 unspecified atom stereocenters. The summed E-state index contributed by atoms with van der Waals surface area (Å²) in [7, 11) is 0. The Balaban J connectivity index is 1.41. The number of hydrogen-bond donors (Lipinski definition) is 2. The van der Waals surface area contributed by atoms with Crippen LogP contribution in [0.1, 0.15) is 11.8 Å². The average Bonchev–Trinajstić information content (AvgIpc) is 3.21. The maximum atomic E-state index is 12.1. The van der Waals surface area contributed by atoms with Gasteiger partial charge in [0.05, 0.1) is 25.4 Å². The second-order valence-electron chi connectivity index (χ2n) is 6.47. The lowest BCUT2D eigenvalue weighted by Gasteiger charge is -2.36. The SMILES string of the molecule is CCOc1ccccc1N1CCN(CC(=O)NC(=O)NCc2cccs2)CC1. The summed E-state index contributed by atoms with van der Waals surface area (Å²) in [5.41, 5.74) is 1.08. The third kappa shape index (κ3) is 5.71. The predicted octanol–water partition coefficient (Wildman–Crippen LogP) is 2.29. The van der Waals surface area contributed by atoms with Gasteiger partial charge in [-0.3, -0.25) is 15.0 Å². The summed E-state index contributed by atoms with van der Waals surface area (Å²) in [6.45, 7) is 6.37. The van der Waals surface area contributed by atoms with Crippen molar-refractivity contribution in [3.63, 3.8) is 0 Å². The number of nitrogens with zero attached hydrogens (tertiary/aromatic N) is 2. The standard InChI is InChI=1S/C20H26N4O3S/c1-2-27-18-8-4-3-7-17(18)24-11-9-23(10-12-24)15-19(25)22-20(26)21-14-16-6-5-13-28-16/h3-8,13H,2,9-12,14-15H2,1H3,(H2,21,22,25,26). The van der Waals surface area contributed by atoms with Crippen molar-refractivity contribution in [2.24, 2.45) is 0 Å². The van der Waals surface area contributed by atoms with Gasteiger partial charge in [0.2, 0.25) is 5.91 Å². The lowest BCUT2D eigenvalue weighted by Crippen LogP contribution is -2.51. The van der Waals surface area contributed by atoms with Crippen LogP contribution in [0.5, 0.6) is 5.75 Å². The molecule has 3 rings (SSSR count). The molecule has 2 heterocycles. The molecule has 1 fully saturated rings. The number of nitrogens with one attached hydrogen (secondary N) is 2. The van der Waals surface area contributed by atoms with Gasteiger partial charge in [0.15, 0.2) is 0 Å². The van der Waals surface area contributed by atoms with E-state index in [-0.39, 0.29) is 12.5 Å². The van der Waals surface area contributed by atoms with Crippen molar-refractivity contribution in [3.05, 3.63) is 46.7 Å². The van der Waals surface area contributed by atoms with E-state index in [4.69, 9.17) is 4.74 Å². The third-order valence-electron chi connectivity index (χ3n) is 4.50. The normalized spacial score (nSPS) is 14.5. The molecule has 2 N–H and O–H groups in total. The highest BCUT2D eigenvalue weighted by Gasteiger charge is 2.21. The van der Waals surface area contributed by atoms with Crippen LogP contribution in [0.2, 0.25) is 0 Å². The lowest BCUT2D eigenvalue weighted by molar-refractivity contribution is -0.121. The van der Waals surface area contributed by atoms with Crippen molar-refractivity contribution in [2.75, 3.05) is 44.2 Å². The lowest BCUT2D eigenvalue weighted by atomic mass is 10.2. The molecular formula is C20H26N4O3S. The zero-order chi connectivity index (χ0) is 19.8. The average molecular weight is 403 g/mol. The molecular weight excluding hydrogens is 376 g/mol. The number of carbonyl (C=O) groups excluding carboxylic acids is 2. The molecule has 0 radical (unpaired) electrons. The van der Waals surface area contributed by atoms with Crippen LogP contribution in [0, 0.1) is 0 Å². The number of hydrogen-bond acceptors (Lipinski definition) is 6. The van der Waals surface area contributed by atoms with Gasteiger partial charge >= 0.3 is 6.03 Å². The Labute approximate surface area is 169 Å². The minimum absolute atomic E-state index is 0.216. The molecule has 0 bridgehead atoms. The molecule has 150 valence electrons. The number of amides is 3. The molecule has 1 aliphatic heterocycles. The molecule has 1 aliphatic rings. The highest BCUT2D eigenvalue weighted by Crippen LogP contribution is 2.28. The van der Waals surface area contributed by atoms with Crippen molar-refractivity contribution < 1.29 is 14.3 Å². The molecule has 28 heavy (non-hydrogen) atoms. The Kier molecular flexibility index (Phi) is 7.27. The van der Waals surface area contributed by atoms with Crippen molar-refractivity contribution in [2.45, 2.75) is 13.5 Å². The van der Waals surface area contributed by atoms with Crippen LogP contribution in [-0.2, 0) is 11.3 Å². The second-order valence-corrected chi connectivity index (χ2v) is 7.51. The molecule has 1 aromatic carbocycles. The summed E-state index contributed by atoms with van der Waals surface area (Å²) >= 11 is 1.57. The Morgan fingerprint density at radius 1 is 1.11 bits per heavy atom. The zero-order valence-electron chi connectivity index (χ0n) is 16.0. The number of ether oxygens (including phenoxy) is 1. The predicted molar refractivity (Wildman–Crippen MR) is 111 cm³/mol. The highest BCUT2D eigenvalue weighted by atomic mass is 32.1. The van der Waals surface area contributed by atoms with Gasteiger partial charge in [-0.2, -0.15) is 0 Å². The van der Waals surface area contributed by atoms with Gasteiger partial charge < -0.3 is 15.0 Å². The summed E-state index contributed by atoms with van der Waals surface area (Å²) in [5, 5.41) is 7.05. The summed E-state index contributed by atoms with van der Waals surface area (Å²) in [6, 6.07) is 11.4. The molecule has 1 aromatic heterocycles. The largest absolute Gasteiger partial charge is 0.492 e. The number of imide groups is 1. The van der Waals surface area contributed by atoms with Gasteiger partial charge in [-0.25, -0.2) is 4.79 Å². The van der Waals surface area contributed by atoms with Crippen LogP contribution in [0.25, 0.3) is 0 Å². The van der Waals surface area contributed by atoms with E-state index in [0.29, 0.717) is 13.2 Å². The molecule has 8 heteroatoms. The summed E-state index contributed by atoms with van der Waals surface area (Å²) in [6.07, 6.45) is 0. The first-order valence-electron chi connectivity index (χ1n) is 9.45. The summed E-state index contributed by atoms with van der Waals surface area (Å²) in [5.74, 6) is 0.602. The van der Waals surface area contributed by atoms with Crippen LogP contribution in [0.3, 0.4) is 0 Å². The number of benzene rings is 1. The molecule has 7 nitrogen and oxygen atoms in total. The minimum atomic E-state index is -0.456. The van der Waals surface area contributed by atoms with E-state index >= 15 is 0 Å². The van der Waals surface area contributed by atoms with Gasteiger partial charge in [-0.1, -0.05) is 18.2 Å². The fourth-order valence-corrected chi connectivity index (χ4v) is 3.78. The molecule has 3 amide bonds. The van der Waals surface area contributed by atoms with E-state index in [1.807, 2.05) is 42.6 Å². The zero-order valence-corrected chi connectivity index (χ0v) is 16.8. The third-order valence-corrected chi connectivity index (χ3v) is 5.38. The molecule has 0 saturated carbocycles. The van der Waals surface area contributed by atoms with E-state index in [1.165, 1.54) is 0 Å². The summed E-state index contributed by atoms with van der Waals surface area (Å²) < 4.78 is 5.71. The number of urea groups is 1. The number of rotatable bonds is 7. The number of para-hydroxylation sites is 2. The monoisotopic (exact) mass is 402 g/mol. The van der Waals surface area contributed by atoms with Crippen molar-refractivity contribution >= 4 is 29.0 Å². The summed E-state index contributed by atoms with van der Waals surface area (Å²) in [4.78, 5) is 29.4. The van der Waals surface area contributed by atoms with Gasteiger partial charge in [-0.15, -0.1) is 11.3 Å². The van der Waals surface area contributed by atoms with Gasteiger partial charge in [0.1, 0.15) is 5.75 Å². The number of anilines is 1. The molecule has 0 aliphatic carbocycles. The van der Waals surface area contributed by atoms with E-state index in [1.54, 1.807) is 11.3 Å². The second kappa shape index (κ2) is 10.1. The highest BCUT2D eigenvalue weighted by molar-refractivity contribution is 7.09. The fraction of sp³-hybridized carbons (Fsp3) is 0.400. The van der Waals surface area contributed by atoms with Gasteiger partial charge in [-0.05, 0) is 30.5 Å². The quantitative estimate of drug-likeness (QED) is 0.743. The molecule has 0 spiro atoms. The minimum Gasteiger partial charge on any atom is -0.492 e. The van der Waals surface area contributed by atoms with Crippen LogP contribution in [0.15, 0.2) is 41.8 Å². The van der Waals surface area contributed by atoms with Crippen molar-refractivity contribution in [1.82, 2.24) is 15.5 Å². The number of carbonyl (C=O) groups is 2. The Bertz CT molecular complexity index is 774. The number of thiophene rings is 1. The van der Waals surface area contributed by atoms with Crippen molar-refractivity contribution in [1.29, 1.82) is 0 Å². The van der Waals surface area contributed by atoms with Crippen LogP contribution < -0.4 is 20.3 Å². The first-order chi connectivity index (χ1) is 13.7. The van der Waals surface area contributed by atoms with E-state index in [9.17, 15) is 9.59 Å². The van der Waals surface area contributed by atoms with Crippen LogP contribution >= 0.6 is 11.3 Å². The van der Waals surface area contributed by atoms with Crippen LogP contribution in [0.4, 0.5) is 10.5 Å². The molecule has 0 atom stereocenters. The number of piperazine rings is 1. The van der Waals surface area contributed by atoms with Crippen LogP contribution in [-0.4, -0.2) is 56.2 Å². The Morgan fingerprint density at radius 2 is 1.89 bits per heavy atom. The topological polar surface area (TPSA) is 73.9 Å². The maximum Gasteiger partial charge on any atom is 0.321 e. The van der Waals surface area contributed by atoms with E-state index in [2.05, 4.69) is 26.5 Å². The molecule has 2 aromatic rings. The van der Waals surface area contributed by atoms with Gasteiger partial charge in [0.25, 0.3) is 0 Å². The Hall–Kier alpha value is -2.58. The maximum absolute atomic E-state index is 12.1. The van der Waals surface area contributed by atoms with E-state index < -0.39 is 6.03 Å². The fourth-order valence-electron chi connectivity index (χ4n) is 3.14. The first kappa shape index (κ1) is 20.2. The van der Waals surface area contributed by atoms with Gasteiger partial charge in [0, 0.05) is 31.1 Å². The van der Waals surface area contributed by atoms with Crippen molar-refractivity contribution in [3.8, 4) is 5.75 Å². The first-order valence-corrected chi connectivity index (χ1v) is 10.3. The van der Waals surface area contributed by atoms with E-state index in [0.717, 1.165) is 42.5 Å².